The predicted molar refractivity (Wildman–Crippen MR) is 124 cm³/mol. The normalized spacial score (nSPS) is 26.0. The number of hydrogen-bond acceptors (Lipinski definition) is 4. The second-order valence-corrected chi connectivity index (χ2v) is 10.2. The third-order valence-electron chi connectivity index (χ3n) is 8.37. The summed E-state index contributed by atoms with van der Waals surface area (Å²) in [5.74, 6) is -1.41. The molecule has 2 fully saturated rings. The topological polar surface area (TPSA) is 59.8 Å². The van der Waals surface area contributed by atoms with Crippen LogP contribution in [0, 0.1) is 12.8 Å². The summed E-state index contributed by atoms with van der Waals surface area (Å²) >= 11 is 0. The number of alkyl halides is 2. The molecule has 5 nitrogen and oxygen atoms in total. The Bertz CT molecular complexity index is 1320. The second-order valence-electron chi connectivity index (χ2n) is 10.2. The molecule has 2 aromatic heterocycles. The molecule has 2 heterocycles. The van der Waals surface area contributed by atoms with Crippen molar-refractivity contribution >= 4 is 16.7 Å². The van der Waals surface area contributed by atoms with Crippen LogP contribution in [0.3, 0.4) is 0 Å². The number of aromatic nitrogens is 3. The molecule has 3 aliphatic carbocycles. The first-order valence-corrected chi connectivity index (χ1v) is 11.9. The van der Waals surface area contributed by atoms with E-state index in [1.807, 2.05) is 30.7 Å². The number of benzene rings is 1. The molecule has 3 aliphatic rings. The highest BCUT2D eigenvalue weighted by atomic mass is 19.3. The number of pyridine rings is 1. The van der Waals surface area contributed by atoms with Crippen LogP contribution in [0.4, 0.5) is 14.6 Å². The molecule has 6 rings (SSSR count). The Morgan fingerprint density at radius 2 is 1.97 bits per heavy atom. The van der Waals surface area contributed by atoms with Crippen molar-refractivity contribution in [2.24, 2.45) is 5.92 Å². The van der Waals surface area contributed by atoms with E-state index in [1.54, 1.807) is 6.07 Å². The van der Waals surface area contributed by atoms with Crippen molar-refractivity contribution in [1.29, 1.82) is 0 Å². The maximum atomic E-state index is 14.3. The molecule has 1 atom stereocenters. The van der Waals surface area contributed by atoms with Crippen molar-refractivity contribution in [3.8, 4) is 0 Å². The summed E-state index contributed by atoms with van der Waals surface area (Å²) in [6, 6.07) is 4.95. The fourth-order valence-electron chi connectivity index (χ4n) is 6.59. The van der Waals surface area contributed by atoms with Gasteiger partial charge in [0.2, 0.25) is 0 Å². The van der Waals surface area contributed by atoms with Crippen molar-refractivity contribution in [1.82, 2.24) is 14.5 Å². The molecular weight excluding hydrogens is 422 g/mol. The molecule has 2 bridgehead atoms. The van der Waals surface area contributed by atoms with Gasteiger partial charge in [-0.25, -0.2) is 18.7 Å². The smallest absolute Gasteiger partial charge is 0.273 e. The van der Waals surface area contributed by atoms with Gasteiger partial charge in [-0.2, -0.15) is 0 Å². The van der Waals surface area contributed by atoms with Gasteiger partial charge in [0.25, 0.3) is 11.5 Å². The molecule has 0 spiro atoms. The Kier molecular flexibility index (Phi) is 4.45. The van der Waals surface area contributed by atoms with Gasteiger partial charge in [0, 0.05) is 29.3 Å². The van der Waals surface area contributed by atoms with E-state index in [4.69, 9.17) is 0 Å². The summed E-state index contributed by atoms with van der Waals surface area (Å²) in [6.45, 7) is 3.81. The number of fused-ring (bicyclic) bond motifs is 4. The van der Waals surface area contributed by atoms with Crippen LogP contribution < -0.4 is 10.9 Å². The van der Waals surface area contributed by atoms with Crippen LogP contribution >= 0.6 is 0 Å². The first-order valence-electron chi connectivity index (χ1n) is 11.9. The molecule has 0 amide bonds. The van der Waals surface area contributed by atoms with E-state index in [0.29, 0.717) is 23.3 Å². The van der Waals surface area contributed by atoms with Crippen LogP contribution in [0.15, 0.2) is 35.5 Å². The lowest BCUT2D eigenvalue weighted by Gasteiger charge is -2.30. The van der Waals surface area contributed by atoms with E-state index in [1.165, 1.54) is 25.2 Å². The van der Waals surface area contributed by atoms with E-state index in [0.717, 1.165) is 41.7 Å². The van der Waals surface area contributed by atoms with E-state index in [9.17, 15) is 13.6 Å². The third-order valence-corrected chi connectivity index (χ3v) is 8.37. The standard InChI is InChI=1S/C26H28F2N4O/c1-15-22-20(13-32(24(15)33)25-9-6-17(12-25)7-10-25)23(30-14-29-22)31-16(2)18-4-3-5-21-19(18)8-11-26(21,27)28/h3-5,13-14,16-17H,6-12H2,1-2H3,(H,29,30,31)/t16-,17?,25?/m1/s1. The lowest BCUT2D eigenvalue weighted by molar-refractivity contribution is -0.00184. The fraction of sp³-hybridized carbons (Fsp3) is 0.500. The molecule has 7 heteroatoms. The van der Waals surface area contributed by atoms with Gasteiger partial charge in [0.05, 0.1) is 16.9 Å². The zero-order chi connectivity index (χ0) is 23.0. The Morgan fingerprint density at radius 1 is 1.18 bits per heavy atom. The lowest BCUT2D eigenvalue weighted by Crippen LogP contribution is -2.38. The molecule has 2 saturated carbocycles. The van der Waals surface area contributed by atoms with E-state index < -0.39 is 5.92 Å². The minimum Gasteiger partial charge on any atom is -0.363 e. The van der Waals surface area contributed by atoms with Gasteiger partial charge in [0.1, 0.15) is 12.1 Å². The average Bonchev–Trinajstić information content (AvgIpc) is 3.50. The average molecular weight is 451 g/mol. The summed E-state index contributed by atoms with van der Waals surface area (Å²) in [5.41, 5.74) is 2.97. The van der Waals surface area contributed by atoms with Crippen molar-refractivity contribution in [2.45, 2.75) is 76.3 Å². The van der Waals surface area contributed by atoms with Gasteiger partial charge in [0.15, 0.2) is 0 Å². The monoisotopic (exact) mass is 450 g/mol. The van der Waals surface area contributed by atoms with Gasteiger partial charge in [-0.15, -0.1) is 0 Å². The Morgan fingerprint density at radius 3 is 2.70 bits per heavy atom. The molecule has 0 unspecified atom stereocenters. The number of aryl methyl sites for hydroxylation is 1. The maximum absolute atomic E-state index is 14.3. The summed E-state index contributed by atoms with van der Waals surface area (Å²) in [4.78, 5) is 22.2. The minimum absolute atomic E-state index is 0.0332. The Hall–Kier alpha value is -2.83. The summed E-state index contributed by atoms with van der Waals surface area (Å²) in [7, 11) is 0. The quantitative estimate of drug-likeness (QED) is 0.562. The van der Waals surface area contributed by atoms with Gasteiger partial charge >= 0.3 is 0 Å². The number of halogens is 2. The molecule has 0 saturated heterocycles. The van der Waals surface area contributed by atoms with Gasteiger partial charge in [-0.3, -0.25) is 4.79 Å². The summed E-state index contributed by atoms with van der Waals surface area (Å²) in [6.07, 6.45) is 9.15. The summed E-state index contributed by atoms with van der Waals surface area (Å²) in [5, 5.41) is 4.26. The highest BCUT2D eigenvalue weighted by Gasteiger charge is 2.47. The first kappa shape index (κ1) is 20.8. The SMILES string of the molecule is Cc1c(=O)n(C23CCC(CC2)C3)cc2c(N[C@H](C)c3cccc4c3CCC4(F)F)ncnc12. The number of nitrogens with one attached hydrogen (secondary N) is 1. The van der Waals surface area contributed by atoms with Crippen LogP contribution in [0.2, 0.25) is 0 Å². The lowest BCUT2D eigenvalue weighted by atomic mass is 9.93. The first-order chi connectivity index (χ1) is 15.8. The molecule has 0 aliphatic heterocycles. The van der Waals surface area contributed by atoms with Gasteiger partial charge in [-0.1, -0.05) is 18.2 Å². The molecule has 1 N–H and O–H groups in total. The van der Waals surface area contributed by atoms with Crippen LogP contribution in [-0.4, -0.2) is 14.5 Å². The largest absolute Gasteiger partial charge is 0.363 e. The molecule has 0 radical (unpaired) electrons. The molecule has 3 aromatic rings. The van der Waals surface area contributed by atoms with Crippen molar-refractivity contribution in [3.63, 3.8) is 0 Å². The van der Waals surface area contributed by atoms with Crippen molar-refractivity contribution in [2.75, 3.05) is 5.32 Å². The van der Waals surface area contributed by atoms with Crippen LogP contribution in [-0.2, 0) is 17.9 Å². The molecular formula is C26H28F2N4O. The number of hydrogen-bond donors (Lipinski definition) is 1. The fourth-order valence-corrected chi connectivity index (χ4v) is 6.59. The van der Waals surface area contributed by atoms with Crippen LogP contribution in [0.5, 0.6) is 0 Å². The predicted octanol–water partition coefficient (Wildman–Crippen LogP) is 5.60. The molecule has 172 valence electrons. The van der Waals surface area contributed by atoms with Crippen molar-refractivity contribution < 1.29 is 8.78 Å². The highest BCUT2D eigenvalue weighted by Crippen LogP contribution is 2.52. The van der Waals surface area contributed by atoms with Gasteiger partial charge in [-0.05, 0) is 69.4 Å². The molecule has 1 aromatic carbocycles. The third kappa shape index (κ3) is 3.04. The zero-order valence-electron chi connectivity index (χ0n) is 19.0. The van der Waals surface area contributed by atoms with Crippen LogP contribution in [0.25, 0.3) is 10.9 Å². The Balaban J connectivity index is 1.43. The van der Waals surface area contributed by atoms with E-state index in [-0.39, 0.29) is 29.1 Å². The Labute approximate surface area is 191 Å². The number of rotatable bonds is 4. The van der Waals surface area contributed by atoms with Crippen molar-refractivity contribution in [3.05, 3.63) is 63.3 Å². The second kappa shape index (κ2) is 7.08. The van der Waals surface area contributed by atoms with E-state index >= 15 is 0 Å². The summed E-state index contributed by atoms with van der Waals surface area (Å²) < 4.78 is 30.5. The highest BCUT2D eigenvalue weighted by molar-refractivity contribution is 5.90. The zero-order valence-corrected chi connectivity index (χ0v) is 19.0. The molecule has 33 heavy (non-hydrogen) atoms. The maximum Gasteiger partial charge on any atom is 0.273 e. The van der Waals surface area contributed by atoms with E-state index in [2.05, 4.69) is 15.3 Å². The number of anilines is 1. The number of nitrogens with zero attached hydrogens (tertiary/aromatic N) is 3. The minimum atomic E-state index is -2.76. The van der Waals surface area contributed by atoms with Crippen LogP contribution in [0.1, 0.15) is 73.7 Å². The van der Waals surface area contributed by atoms with Gasteiger partial charge < -0.3 is 9.88 Å².